The summed E-state index contributed by atoms with van der Waals surface area (Å²) in [5, 5.41) is 0. The number of halogens is 2. The van der Waals surface area contributed by atoms with Gasteiger partial charge < -0.3 is 0 Å². The molecular formula is C12H20F2. The van der Waals surface area contributed by atoms with Crippen molar-refractivity contribution in [3.63, 3.8) is 0 Å². The molecular weight excluding hydrogens is 182 g/mol. The Kier molecular flexibility index (Phi) is 5.66. The van der Waals surface area contributed by atoms with Crippen LogP contribution in [-0.4, -0.2) is 6.67 Å². The number of hydrogen-bond acceptors (Lipinski definition) is 0. The van der Waals surface area contributed by atoms with Gasteiger partial charge in [-0.25, -0.2) is 8.78 Å². The minimum Gasteiger partial charge on any atom is -0.246 e. The molecule has 0 nitrogen and oxygen atoms in total. The van der Waals surface area contributed by atoms with Crippen LogP contribution >= 0.6 is 0 Å². The van der Waals surface area contributed by atoms with Gasteiger partial charge in [0.2, 0.25) is 0 Å². The molecule has 0 aromatic carbocycles. The normalized spacial score (nSPS) is 15.4. The molecule has 0 bridgehead atoms. The summed E-state index contributed by atoms with van der Waals surface area (Å²) >= 11 is 0. The zero-order valence-electron chi connectivity index (χ0n) is 9.75. The smallest absolute Gasteiger partial charge is 0.111 e. The highest BCUT2D eigenvalue weighted by Gasteiger charge is 2.13. The van der Waals surface area contributed by atoms with Crippen molar-refractivity contribution >= 4 is 0 Å². The average molecular weight is 202 g/mol. The first kappa shape index (κ1) is 13.3. The van der Waals surface area contributed by atoms with E-state index in [0.717, 1.165) is 5.57 Å². The summed E-state index contributed by atoms with van der Waals surface area (Å²) in [6, 6.07) is 0. The van der Waals surface area contributed by atoms with E-state index in [9.17, 15) is 8.78 Å². The summed E-state index contributed by atoms with van der Waals surface area (Å²) in [5.41, 5.74) is 2.06. The van der Waals surface area contributed by atoms with Gasteiger partial charge in [-0.1, -0.05) is 20.8 Å². The van der Waals surface area contributed by atoms with Crippen LogP contribution in [0.5, 0.6) is 0 Å². The SMILES string of the molecule is CC/C(F)=C(\C(C)=C(\C)CF)C(C)C. The second-order valence-electron chi connectivity index (χ2n) is 3.87. The maximum atomic E-state index is 13.5. The van der Waals surface area contributed by atoms with Gasteiger partial charge in [0, 0.05) is 0 Å². The van der Waals surface area contributed by atoms with E-state index in [1.54, 1.807) is 20.8 Å². The van der Waals surface area contributed by atoms with Gasteiger partial charge in [0.05, 0.1) is 0 Å². The molecule has 0 radical (unpaired) electrons. The molecule has 82 valence electrons. The van der Waals surface area contributed by atoms with E-state index in [0.29, 0.717) is 17.6 Å². The van der Waals surface area contributed by atoms with Crippen LogP contribution in [0.15, 0.2) is 22.5 Å². The molecule has 14 heavy (non-hydrogen) atoms. The van der Waals surface area contributed by atoms with Gasteiger partial charge in [-0.15, -0.1) is 0 Å². The molecule has 0 aromatic rings. The molecule has 0 heterocycles. The largest absolute Gasteiger partial charge is 0.246 e. The van der Waals surface area contributed by atoms with E-state index in [1.165, 1.54) is 0 Å². The molecule has 0 unspecified atom stereocenters. The minimum atomic E-state index is -0.501. The standard InChI is InChI=1S/C12H20F2/c1-6-11(14)12(8(2)3)10(5)9(4)7-13/h8H,6-7H2,1-5H3/b10-9-,12-11+. The van der Waals surface area contributed by atoms with Gasteiger partial charge in [0.1, 0.15) is 12.5 Å². The zero-order chi connectivity index (χ0) is 11.3. The Bertz CT molecular complexity index is 247. The predicted octanol–water partition coefficient (Wildman–Crippen LogP) is 4.58. The first-order chi connectivity index (χ1) is 6.45. The maximum Gasteiger partial charge on any atom is 0.111 e. The Morgan fingerprint density at radius 3 is 2.00 bits per heavy atom. The molecule has 0 saturated carbocycles. The quantitative estimate of drug-likeness (QED) is 0.585. The van der Waals surface area contributed by atoms with E-state index >= 15 is 0 Å². The minimum absolute atomic E-state index is 0.108. The zero-order valence-corrected chi connectivity index (χ0v) is 9.75. The molecule has 0 rings (SSSR count). The lowest BCUT2D eigenvalue weighted by molar-refractivity contribution is 0.535. The number of hydrogen-bond donors (Lipinski definition) is 0. The fourth-order valence-electron chi connectivity index (χ4n) is 1.47. The van der Waals surface area contributed by atoms with Crippen LogP contribution in [0.3, 0.4) is 0 Å². The summed E-state index contributed by atoms with van der Waals surface area (Å²) in [4.78, 5) is 0. The molecule has 0 N–H and O–H groups in total. The summed E-state index contributed by atoms with van der Waals surface area (Å²) < 4.78 is 25.9. The molecule has 0 spiro atoms. The topological polar surface area (TPSA) is 0 Å². The Morgan fingerprint density at radius 2 is 1.71 bits per heavy atom. The van der Waals surface area contributed by atoms with Crippen molar-refractivity contribution in [1.82, 2.24) is 0 Å². The van der Waals surface area contributed by atoms with Crippen molar-refractivity contribution < 1.29 is 8.78 Å². The van der Waals surface area contributed by atoms with Gasteiger partial charge >= 0.3 is 0 Å². The van der Waals surface area contributed by atoms with Crippen molar-refractivity contribution in [1.29, 1.82) is 0 Å². The first-order valence-electron chi connectivity index (χ1n) is 5.06. The lowest BCUT2D eigenvalue weighted by Gasteiger charge is -2.15. The number of rotatable bonds is 4. The molecule has 0 aliphatic rings. The van der Waals surface area contributed by atoms with E-state index in [-0.39, 0.29) is 11.7 Å². The lowest BCUT2D eigenvalue weighted by atomic mass is 9.92. The molecule has 0 amide bonds. The van der Waals surface area contributed by atoms with E-state index in [4.69, 9.17) is 0 Å². The van der Waals surface area contributed by atoms with E-state index in [1.807, 2.05) is 13.8 Å². The van der Waals surface area contributed by atoms with Gasteiger partial charge in [-0.3, -0.25) is 0 Å². The highest BCUT2D eigenvalue weighted by molar-refractivity contribution is 5.36. The van der Waals surface area contributed by atoms with Crippen LogP contribution in [0.2, 0.25) is 0 Å². The van der Waals surface area contributed by atoms with Crippen molar-refractivity contribution in [3.8, 4) is 0 Å². The molecule has 0 aliphatic heterocycles. The van der Waals surface area contributed by atoms with Crippen molar-refractivity contribution in [2.75, 3.05) is 6.67 Å². The number of allylic oxidation sites excluding steroid dienone is 4. The highest BCUT2D eigenvalue weighted by Crippen LogP contribution is 2.27. The van der Waals surface area contributed by atoms with Gasteiger partial charge in [-0.2, -0.15) is 0 Å². The third-order valence-electron chi connectivity index (χ3n) is 2.42. The third-order valence-corrected chi connectivity index (χ3v) is 2.42. The first-order valence-corrected chi connectivity index (χ1v) is 5.06. The summed E-state index contributed by atoms with van der Waals surface area (Å²) in [5.74, 6) is -0.0123. The van der Waals surface area contributed by atoms with Crippen LogP contribution in [-0.2, 0) is 0 Å². The maximum absolute atomic E-state index is 13.5. The van der Waals surface area contributed by atoms with Crippen molar-refractivity contribution in [2.24, 2.45) is 5.92 Å². The lowest BCUT2D eigenvalue weighted by Crippen LogP contribution is -2.02. The molecule has 0 aliphatic carbocycles. The van der Waals surface area contributed by atoms with Gasteiger partial charge in [0.25, 0.3) is 0 Å². The second kappa shape index (κ2) is 5.94. The summed E-state index contributed by atoms with van der Waals surface area (Å²) in [6.07, 6.45) is 0.379. The molecule has 0 aromatic heterocycles. The summed E-state index contributed by atoms with van der Waals surface area (Å²) in [6.45, 7) is 8.63. The van der Waals surface area contributed by atoms with Crippen LogP contribution in [0.4, 0.5) is 8.78 Å². The van der Waals surface area contributed by atoms with Crippen molar-refractivity contribution in [3.05, 3.63) is 22.5 Å². The van der Waals surface area contributed by atoms with Gasteiger partial charge in [-0.05, 0) is 42.9 Å². The van der Waals surface area contributed by atoms with Crippen molar-refractivity contribution in [2.45, 2.75) is 41.0 Å². The predicted molar refractivity (Wildman–Crippen MR) is 57.6 cm³/mol. The second-order valence-corrected chi connectivity index (χ2v) is 3.87. The summed E-state index contributed by atoms with van der Waals surface area (Å²) in [7, 11) is 0. The van der Waals surface area contributed by atoms with Gasteiger partial charge in [0.15, 0.2) is 0 Å². The average Bonchev–Trinajstić information content (AvgIpc) is 2.15. The van der Waals surface area contributed by atoms with E-state index in [2.05, 4.69) is 0 Å². The molecule has 0 atom stereocenters. The third kappa shape index (κ3) is 3.24. The molecule has 0 saturated heterocycles. The van der Waals surface area contributed by atoms with Crippen LogP contribution < -0.4 is 0 Å². The van der Waals surface area contributed by atoms with Crippen LogP contribution in [0.1, 0.15) is 41.0 Å². The Hall–Kier alpha value is -0.660. The van der Waals surface area contributed by atoms with Crippen LogP contribution in [0, 0.1) is 5.92 Å². The number of alkyl halides is 1. The van der Waals surface area contributed by atoms with E-state index < -0.39 is 6.67 Å². The monoisotopic (exact) mass is 202 g/mol. The Morgan fingerprint density at radius 1 is 1.21 bits per heavy atom. The Labute approximate surface area is 85.7 Å². The van der Waals surface area contributed by atoms with Crippen LogP contribution in [0.25, 0.3) is 0 Å². The fraction of sp³-hybridized carbons (Fsp3) is 0.667. The Balaban J connectivity index is 5.25. The molecule has 0 fully saturated rings. The highest BCUT2D eigenvalue weighted by atomic mass is 19.1. The fourth-order valence-corrected chi connectivity index (χ4v) is 1.47. The molecule has 2 heteroatoms.